The number of aromatic nitrogens is 6. The Morgan fingerprint density at radius 3 is 2.15 bits per heavy atom. The van der Waals surface area contributed by atoms with Gasteiger partial charge in [0, 0.05) is 17.5 Å². The van der Waals surface area contributed by atoms with Gasteiger partial charge < -0.3 is 29.9 Å². The molecule has 0 spiro atoms. The summed E-state index contributed by atoms with van der Waals surface area (Å²) >= 11 is 0. The number of halogens is 6. The molecule has 1 atom stereocenters. The highest BCUT2D eigenvalue weighted by atomic mass is 19.4. The van der Waals surface area contributed by atoms with Gasteiger partial charge in [-0.1, -0.05) is 53.1 Å². The molecule has 0 bridgehead atoms. The molecule has 47 heavy (non-hydrogen) atoms. The average Bonchev–Trinajstić information content (AvgIpc) is 3.66. The Kier molecular flexibility index (Phi) is 14.0. The number of ketones is 1. The average molecular weight is 674 g/mol. The third-order valence-corrected chi connectivity index (χ3v) is 5.99. The maximum Gasteiger partial charge on any atom is 0.456 e. The predicted molar refractivity (Wildman–Crippen MR) is 143 cm³/mol. The molecule has 0 radical (unpaired) electrons. The van der Waals surface area contributed by atoms with Crippen molar-refractivity contribution in [3.8, 4) is 11.3 Å². The van der Waals surface area contributed by atoms with Gasteiger partial charge in [0.1, 0.15) is 36.2 Å². The lowest BCUT2D eigenvalue weighted by Crippen LogP contribution is -2.37. The molecule has 1 amide bonds. The Morgan fingerprint density at radius 1 is 0.957 bits per heavy atom. The second-order valence-corrected chi connectivity index (χ2v) is 9.80. The van der Waals surface area contributed by atoms with Crippen LogP contribution in [0.25, 0.3) is 17.0 Å². The van der Waals surface area contributed by atoms with E-state index in [4.69, 9.17) is 19.8 Å². The molecule has 0 saturated carbocycles. The molecule has 0 aliphatic carbocycles. The second-order valence-electron chi connectivity index (χ2n) is 9.80. The molecule has 4 aromatic rings. The maximum atomic E-state index is 12.9. The van der Waals surface area contributed by atoms with Gasteiger partial charge in [0.15, 0.2) is 12.0 Å². The first-order valence-corrected chi connectivity index (χ1v) is 13.7. The SMILES string of the molecule is CC(=O)CCCCC[C@H](NC(=O)Cc1cnc2nc[nH][n+]2c1)c1[nH]c(-c2ccccc2)c[nH+]1.O=C([O-])C(F)(F)F.O=C([O-])C(F)(F)F. The van der Waals surface area contributed by atoms with E-state index in [9.17, 15) is 35.9 Å². The Morgan fingerprint density at radius 2 is 1.57 bits per heavy atom. The molecule has 1 aromatic carbocycles. The molecular weight excluding hydrogens is 644 g/mol. The lowest BCUT2D eigenvalue weighted by Gasteiger charge is -2.14. The molecule has 4 rings (SSSR count). The van der Waals surface area contributed by atoms with Gasteiger partial charge in [-0.3, -0.25) is 4.79 Å². The number of alkyl halides is 6. The number of nitrogens with one attached hydrogen (secondary N) is 4. The van der Waals surface area contributed by atoms with E-state index >= 15 is 0 Å². The van der Waals surface area contributed by atoms with Crippen molar-refractivity contribution in [2.45, 2.75) is 63.8 Å². The van der Waals surface area contributed by atoms with E-state index in [-0.39, 0.29) is 24.2 Å². The summed E-state index contributed by atoms with van der Waals surface area (Å²) in [7, 11) is 0. The number of unbranched alkanes of at least 4 members (excludes halogenated alkanes) is 2. The van der Waals surface area contributed by atoms with Gasteiger partial charge in [-0.05, 0) is 19.8 Å². The number of carbonyl (C=O) groups excluding carboxylic acids is 4. The van der Waals surface area contributed by atoms with E-state index in [0.29, 0.717) is 12.2 Å². The lowest BCUT2D eigenvalue weighted by atomic mass is 10.1. The molecule has 19 heteroatoms. The number of carboxylic acid groups (broad SMARTS) is 2. The minimum absolute atomic E-state index is 0.0886. The number of carbonyl (C=O) groups is 4. The van der Waals surface area contributed by atoms with E-state index in [1.54, 1.807) is 24.0 Å². The van der Waals surface area contributed by atoms with Crippen LogP contribution in [0, 0.1) is 0 Å². The van der Waals surface area contributed by atoms with Crippen molar-refractivity contribution in [1.82, 2.24) is 25.4 Å². The monoisotopic (exact) mass is 673 g/mol. The zero-order valence-corrected chi connectivity index (χ0v) is 24.6. The summed E-state index contributed by atoms with van der Waals surface area (Å²) < 4.78 is 64.8. The van der Waals surface area contributed by atoms with E-state index in [0.717, 1.165) is 48.3 Å². The van der Waals surface area contributed by atoms with Crippen molar-refractivity contribution in [3.05, 3.63) is 66.6 Å². The summed E-state index contributed by atoms with van der Waals surface area (Å²) in [6, 6.07) is 9.85. The van der Waals surface area contributed by atoms with Gasteiger partial charge in [0.05, 0.1) is 12.6 Å². The number of nitrogens with zero attached hydrogens (tertiary/aromatic N) is 3. The number of imidazole rings is 1. The smallest absolute Gasteiger partial charge is 0.456 e. The van der Waals surface area contributed by atoms with E-state index in [2.05, 4.69) is 30.4 Å². The van der Waals surface area contributed by atoms with Crippen LogP contribution in [0.5, 0.6) is 0 Å². The Hall–Kier alpha value is -5.36. The molecule has 0 saturated heterocycles. The van der Waals surface area contributed by atoms with E-state index in [1.807, 2.05) is 42.7 Å². The zero-order valence-electron chi connectivity index (χ0n) is 24.6. The molecule has 0 aliphatic rings. The van der Waals surface area contributed by atoms with Crippen LogP contribution in [0.15, 0.2) is 55.2 Å². The number of aliphatic carboxylic acids is 2. The molecule has 0 fully saturated rings. The molecule has 0 aliphatic heterocycles. The standard InChI is InChI=1S/C24H27N7O2.2C2HF3O2/c1-17(32)8-4-2-7-11-20(23-25-14-21(30-23)19-9-5-3-6-10-19)29-22(33)12-18-13-26-24-27-16-28-31(24)15-18;2*3-2(4,5)1(6)7/h3,5-6,9-10,13-16,20H,2,4,7-8,11-12H2,1H3,(H2,25,29,30,33);2*(H,6,7)/t20-;;/m0../s1. The van der Waals surface area contributed by atoms with Crippen LogP contribution in [0.1, 0.15) is 56.5 Å². The first-order chi connectivity index (χ1) is 22.0. The molecule has 254 valence electrons. The van der Waals surface area contributed by atoms with Crippen LogP contribution >= 0.6 is 0 Å². The fraction of sp³-hybridized carbons (Fsp3) is 0.357. The lowest BCUT2D eigenvalue weighted by molar-refractivity contribution is -0.580. The normalized spacial score (nSPS) is 11.8. The minimum Gasteiger partial charge on any atom is -0.542 e. The highest BCUT2D eigenvalue weighted by molar-refractivity contribution is 5.78. The first kappa shape index (κ1) is 37.8. The Labute approximate surface area is 262 Å². The van der Waals surface area contributed by atoms with Gasteiger partial charge in [0.2, 0.25) is 5.91 Å². The number of aromatic amines is 3. The first-order valence-electron chi connectivity index (χ1n) is 13.7. The summed E-state index contributed by atoms with van der Waals surface area (Å²) in [6.45, 7) is 1.62. The van der Waals surface area contributed by atoms with Crippen LogP contribution in [-0.2, 0) is 25.6 Å². The summed E-state index contributed by atoms with van der Waals surface area (Å²) in [5.41, 5.74) is 2.82. The van der Waals surface area contributed by atoms with Crippen molar-refractivity contribution in [3.63, 3.8) is 0 Å². The number of Topliss-reactive ketones (excluding diaryl/α,β-unsaturated/α-hetero) is 1. The van der Waals surface area contributed by atoms with Crippen LogP contribution in [0.4, 0.5) is 26.3 Å². The molecule has 3 aromatic heterocycles. The quantitative estimate of drug-likeness (QED) is 0.118. The maximum absolute atomic E-state index is 12.9. The van der Waals surface area contributed by atoms with Crippen molar-refractivity contribution in [1.29, 1.82) is 0 Å². The van der Waals surface area contributed by atoms with Crippen LogP contribution in [0.3, 0.4) is 0 Å². The van der Waals surface area contributed by atoms with E-state index in [1.165, 1.54) is 0 Å². The van der Waals surface area contributed by atoms with Gasteiger partial charge >= 0.3 is 18.1 Å². The number of carboxylic acids is 2. The van der Waals surface area contributed by atoms with E-state index < -0.39 is 24.3 Å². The number of rotatable bonds is 11. The van der Waals surface area contributed by atoms with Crippen LogP contribution < -0.4 is 25.0 Å². The molecule has 0 unspecified atom stereocenters. The fourth-order valence-corrected chi connectivity index (χ4v) is 3.84. The Bertz CT molecular complexity index is 1600. The van der Waals surface area contributed by atoms with Crippen molar-refractivity contribution >= 4 is 29.4 Å². The largest absolute Gasteiger partial charge is 0.542 e. The van der Waals surface area contributed by atoms with Crippen molar-refractivity contribution in [2.24, 2.45) is 0 Å². The van der Waals surface area contributed by atoms with Crippen LogP contribution in [-0.4, -0.2) is 56.0 Å². The molecular formula is C28H29F6N7O6. The van der Waals surface area contributed by atoms with Crippen molar-refractivity contribution in [2.75, 3.05) is 0 Å². The van der Waals surface area contributed by atoms with Gasteiger partial charge in [0.25, 0.3) is 5.82 Å². The molecule has 13 nitrogen and oxygen atoms in total. The third-order valence-electron chi connectivity index (χ3n) is 5.99. The zero-order chi connectivity index (χ0) is 35.2. The number of amides is 1. The molecule has 3 heterocycles. The molecule has 4 N–H and O–H groups in total. The third kappa shape index (κ3) is 13.7. The fourth-order valence-electron chi connectivity index (χ4n) is 3.84. The van der Waals surface area contributed by atoms with Gasteiger partial charge in [-0.15, -0.1) is 4.52 Å². The number of hydrogen-bond donors (Lipinski definition) is 3. The number of H-pyrrole nitrogens is 3. The summed E-state index contributed by atoms with van der Waals surface area (Å²) in [4.78, 5) is 56.7. The van der Waals surface area contributed by atoms with Gasteiger partial charge in [-0.25, -0.2) is 15.1 Å². The summed E-state index contributed by atoms with van der Waals surface area (Å²) in [6.07, 6.45) is 0.867. The highest BCUT2D eigenvalue weighted by Crippen LogP contribution is 2.21. The highest BCUT2D eigenvalue weighted by Gasteiger charge is 2.29. The topological polar surface area (TPSA) is 202 Å². The summed E-state index contributed by atoms with van der Waals surface area (Å²) in [5, 5.41) is 23.7. The predicted octanol–water partition coefficient (Wildman–Crippen LogP) is 0.889. The summed E-state index contributed by atoms with van der Waals surface area (Å²) in [5.74, 6) is -4.48. The minimum atomic E-state index is -5.19. The number of benzene rings is 1. The number of fused-ring (bicyclic) bond motifs is 1. The second kappa shape index (κ2) is 17.4. The number of hydrogen-bond acceptors (Lipinski definition) is 8. The van der Waals surface area contributed by atoms with Crippen LogP contribution in [0.2, 0.25) is 0 Å². The van der Waals surface area contributed by atoms with Gasteiger partial charge in [-0.2, -0.15) is 26.3 Å². The Balaban J connectivity index is 0.000000459. The van der Waals surface area contributed by atoms with Crippen molar-refractivity contribution < 1.29 is 65.2 Å².